The molecule has 0 bridgehead atoms. The van der Waals surface area contributed by atoms with E-state index in [1.165, 1.54) is 0 Å². The van der Waals surface area contributed by atoms with Gasteiger partial charge in [-0.25, -0.2) is 0 Å². The summed E-state index contributed by atoms with van der Waals surface area (Å²) in [5.74, 6) is 0.0749. The molecular weight excluding hydrogens is 166 g/mol. The second-order valence-electron chi connectivity index (χ2n) is 3.12. The van der Waals surface area contributed by atoms with Crippen molar-refractivity contribution in [1.29, 1.82) is 0 Å². The van der Waals surface area contributed by atoms with Crippen LogP contribution >= 0.6 is 0 Å². The summed E-state index contributed by atoms with van der Waals surface area (Å²) in [6, 6.07) is 3.81. The van der Waals surface area contributed by atoms with Crippen LogP contribution in [0.1, 0.15) is 5.69 Å². The molecule has 0 saturated carbocycles. The van der Waals surface area contributed by atoms with E-state index < -0.39 is 0 Å². The number of nitrogens with two attached hydrogens (primary N) is 1. The van der Waals surface area contributed by atoms with Gasteiger partial charge in [-0.15, -0.1) is 0 Å². The number of rotatable bonds is 3. The highest BCUT2D eigenvalue weighted by molar-refractivity contribution is 5.75. The third kappa shape index (κ3) is 2.32. The van der Waals surface area contributed by atoms with Crippen LogP contribution in [-0.2, 0) is 17.9 Å². The molecule has 1 aromatic rings. The predicted molar refractivity (Wildman–Crippen MR) is 51.0 cm³/mol. The summed E-state index contributed by atoms with van der Waals surface area (Å²) in [5.41, 5.74) is 6.48. The summed E-state index contributed by atoms with van der Waals surface area (Å²) < 4.78 is 1.86. The Morgan fingerprint density at radius 1 is 1.62 bits per heavy atom. The van der Waals surface area contributed by atoms with Gasteiger partial charge in [0.25, 0.3) is 0 Å². The maximum absolute atomic E-state index is 11.3. The summed E-state index contributed by atoms with van der Waals surface area (Å²) in [6.45, 7) is 0.834. The van der Waals surface area contributed by atoms with Gasteiger partial charge in [0.2, 0.25) is 5.91 Å². The van der Waals surface area contributed by atoms with Gasteiger partial charge in [0.1, 0.15) is 6.54 Å². The van der Waals surface area contributed by atoms with Crippen molar-refractivity contribution < 1.29 is 4.79 Å². The van der Waals surface area contributed by atoms with Gasteiger partial charge in [-0.2, -0.15) is 0 Å². The van der Waals surface area contributed by atoms with Gasteiger partial charge in [0, 0.05) is 32.5 Å². The van der Waals surface area contributed by atoms with Crippen LogP contribution in [0.25, 0.3) is 0 Å². The monoisotopic (exact) mass is 181 g/mol. The zero-order valence-electron chi connectivity index (χ0n) is 8.03. The lowest BCUT2D eigenvalue weighted by molar-refractivity contribution is -0.129. The molecule has 4 nitrogen and oxygen atoms in total. The molecule has 0 saturated heterocycles. The Morgan fingerprint density at radius 3 is 2.85 bits per heavy atom. The number of carbonyl (C=O) groups excluding carboxylic acids is 1. The van der Waals surface area contributed by atoms with E-state index in [0.29, 0.717) is 13.1 Å². The van der Waals surface area contributed by atoms with Crippen molar-refractivity contribution in [3.8, 4) is 0 Å². The van der Waals surface area contributed by atoms with Gasteiger partial charge < -0.3 is 15.2 Å². The lowest BCUT2D eigenvalue weighted by atomic mass is 10.4. The molecule has 0 aromatic carbocycles. The van der Waals surface area contributed by atoms with E-state index in [1.54, 1.807) is 19.0 Å². The van der Waals surface area contributed by atoms with Crippen LogP contribution in [0.4, 0.5) is 0 Å². The number of carbonyl (C=O) groups is 1. The van der Waals surface area contributed by atoms with Crippen molar-refractivity contribution in [2.75, 3.05) is 14.1 Å². The Balaban J connectivity index is 2.68. The molecule has 0 aliphatic heterocycles. The fourth-order valence-electron chi connectivity index (χ4n) is 1.08. The molecule has 1 heterocycles. The molecule has 0 radical (unpaired) electrons. The topological polar surface area (TPSA) is 51.3 Å². The van der Waals surface area contributed by atoms with Crippen LogP contribution in [0.3, 0.4) is 0 Å². The minimum absolute atomic E-state index is 0.0749. The Kier molecular flexibility index (Phi) is 3.08. The first-order chi connectivity index (χ1) is 6.15. The second-order valence-corrected chi connectivity index (χ2v) is 3.12. The third-order valence-corrected chi connectivity index (χ3v) is 1.94. The van der Waals surface area contributed by atoms with Crippen LogP contribution in [0.15, 0.2) is 18.3 Å². The van der Waals surface area contributed by atoms with Crippen LogP contribution in [0.5, 0.6) is 0 Å². The van der Waals surface area contributed by atoms with Gasteiger partial charge >= 0.3 is 0 Å². The predicted octanol–water partition coefficient (Wildman–Crippen LogP) is 0.0350. The molecule has 0 atom stereocenters. The third-order valence-electron chi connectivity index (χ3n) is 1.94. The molecule has 0 aliphatic rings. The van der Waals surface area contributed by atoms with E-state index in [1.807, 2.05) is 22.9 Å². The standard InChI is InChI=1S/C9H15N3O/c1-11(2)9(13)7-12-5-3-4-8(12)6-10/h3-5H,6-7,10H2,1-2H3. The number of hydrogen-bond donors (Lipinski definition) is 1. The fraction of sp³-hybridized carbons (Fsp3) is 0.444. The van der Waals surface area contributed by atoms with E-state index in [4.69, 9.17) is 5.73 Å². The Hall–Kier alpha value is -1.29. The largest absolute Gasteiger partial charge is 0.347 e. The van der Waals surface area contributed by atoms with E-state index >= 15 is 0 Å². The zero-order chi connectivity index (χ0) is 9.84. The zero-order valence-corrected chi connectivity index (χ0v) is 8.03. The van der Waals surface area contributed by atoms with Crippen molar-refractivity contribution in [3.63, 3.8) is 0 Å². The number of likely N-dealkylation sites (N-methyl/N-ethyl adjacent to an activating group) is 1. The van der Waals surface area contributed by atoms with E-state index in [-0.39, 0.29) is 5.91 Å². The Labute approximate surface area is 77.9 Å². The highest BCUT2D eigenvalue weighted by Gasteiger charge is 2.06. The van der Waals surface area contributed by atoms with Crippen molar-refractivity contribution in [1.82, 2.24) is 9.47 Å². The Bertz CT molecular complexity index is 291. The average molecular weight is 181 g/mol. The normalized spacial score (nSPS) is 10.1. The molecule has 1 rings (SSSR count). The average Bonchev–Trinajstić information content (AvgIpc) is 2.51. The molecule has 1 amide bonds. The summed E-state index contributed by atoms with van der Waals surface area (Å²) in [7, 11) is 3.49. The van der Waals surface area contributed by atoms with Gasteiger partial charge in [-0.3, -0.25) is 4.79 Å². The summed E-state index contributed by atoms with van der Waals surface area (Å²) in [5, 5.41) is 0. The smallest absolute Gasteiger partial charge is 0.241 e. The quantitative estimate of drug-likeness (QED) is 0.715. The first-order valence-corrected chi connectivity index (χ1v) is 4.19. The van der Waals surface area contributed by atoms with Crippen molar-refractivity contribution in [2.45, 2.75) is 13.1 Å². The first kappa shape index (κ1) is 9.80. The maximum atomic E-state index is 11.3. The number of nitrogens with zero attached hydrogens (tertiary/aromatic N) is 2. The van der Waals surface area contributed by atoms with Crippen molar-refractivity contribution >= 4 is 5.91 Å². The van der Waals surface area contributed by atoms with Gasteiger partial charge in [-0.05, 0) is 12.1 Å². The van der Waals surface area contributed by atoms with E-state index in [2.05, 4.69) is 0 Å². The molecule has 4 heteroatoms. The molecule has 1 aromatic heterocycles. The molecular formula is C9H15N3O. The van der Waals surface area contributed by atoms with E-state index in [0.717, 1.165) is 5.69 Å². The highest BCUT2D eigenvalue weighted by atomic mass is 16.2. The number of aromatic nitrogens is 1. The lowest BCUT2D eigenvalue weighted by Crippen LogP contribution is -2.26. The Morgan fingerprint density at radius 2 is 2.31 bits per heavy atom. The molecule has 0 fully saturated rings. The molecule has 0 unspecified atom stereocenters. The molecule has 0 aliphatic carbocycles. The summed E-state index contributed by atoms with van der Waals surface area (Å²) >= 11 is 0. The van der Waals surface area contributed by atoms with Crippen LogP contribution in [0, 0.1) is 0 Å². The van der Waals surface area contributed by atoms with Gasteiger partial charge in [-0.1, -0.05) is 0 Å². The minimum atomic E-state index is 0.0749. The molecule has 13 heavy (non-hydrogen) atoms. The van der Waals surface area contributed by atoms with Gasteiger partial charge in [0.05, 0.1) is 0 Å². The van der Waals surface area contributed by atoms with Crippen LogP contribution in [-0.4, -0.2) is 29.5 Å². The van der Waals surface area contributed by atoms with E-state index in [9.17, 15) is 4.79 Å². The molecule has 0 spiro atoms. The van der Waals surface area contributed by atoms with Crippen LogP contribution in [0.2, 0.25) is 0 Å². The highest BCUT2D eigenvalue weighted by Crippen LogP contribution is 2.01. The second kappa shape index (κ2) is 4.09. The SMILES string of the molecule is CN(C)C(=O)Cn1cccc1CN. The van der Waals surface area contributed by atoms with Crippen molar-refractivity contribution in [3.05, 3.63) is 24.0 Å². The number of amides is 1. The number of hydrogen-bond acceptors (Lipinski definition) is 2. The molecule has 72 valence electrons. The molecule has 2 N–H and O–H groups in total. The maximum Gasteiger partial charge on any atom is 0.241 e. The van der Waals surface area contributed by atoms with Crippen molar-refractivity contribution in [2.24, 2.45) is 5.73 Å². The van der Waals surface area contributed by atoms with Gasteiger partial charge in [0.15, 0.2) is 0 Å². The summed E-state index contributed by atoms with van der Waals surface area (Å²) in [6.07, 6.45) is 1.86. The summed E-state index contributed by atoms with van der Waals surface area (Å²) in [4.78, 5) is 12.9. The minimum Gasteiger partial charge on any atom is -0.347 e. The lowest BCUT2D eigenvalue weighted by Gasteiger charge is -2.12. The first-order valence-electron chi connectivity index (χ1n) is 4.19. The fourth-order valence-corrected chi connectivity index (χ4v) is 1.08. The van der Waals surface area contributed by atoms with Crippen LogP contribution < -0.4 is 5.73 Å².